The Morgan fingerprint density at radius 2 is 0.964 bits per heavy atom. The molecule has 28 heavy (non-hydrogen) atoms. The summed E-state index contributed by atoms with van der Waals surface area (Å²) in [5.74, 6) is 2.10. The molecule has 0 atom stereocenters. The molecule has 2 rings (SSSR count). The Labute approximate surface area is 171 Å². The zero-order valence-corrected chi connectivity index (χ0v) is 17.7. The van der Waals surface area contributed by atoms with Crippen LogP contribution in [0.25, 0.3) is 0 Å². The third kappa shape index (κ3) is 7.70. The molecule has 2 aliphatic heterocycles. The van der Waals surface area contributed by atoms with E-state index in [1.165, 1.54) is 0 Å². The first kappa shape index (κ1) is 23.1. The molecule has 0 aromatic rings. The van der Waals surface area contributed by atoms with Crippen LogP contribution in [0.1, 0.15) is 77.0 Å². The number of nitrogens with two attached hydrogens (primary N) is 2. The molecule has 0 unspecified atom stereocenters. The Morgan fingerprint density at radius 3 is 1.29 bits per heavy atom. The van der Waals surface area contributed by atoms with Crippen molar-refractivity contribution in [2.24, 2.45) is 23.3 Å². The van der Waals surface area contributed by atoms with E-state index in [-0.39, 0.29) is 0 Å². The average molecular weight is 395 g/mol. The average Bonchev–Trinajstić information content (AvgIpc) is 2.74. The lowest BCUT2D eigenvalue weighted by Crippen LogP contribution is -2.44. The van der Waals surface area contributed by atoms with Crippen molar-refractivity contribution >= 4 is 11.8 Å². The lowest BCUT2D eigenvalue weighted by Gasteiger charge is -2.40. The van der Waals surface area contributed by atoms with E-state index in [2.05, 4.69) is 9.80 Å². The highest BCUT2D eigenvalue weighted by Crippen LogP contribution is 2.33. The third-order valence-corrected chi connectivity index (χ3v) is 6.64. The molecule has 0 aliphatic carbocycles. The molecular formula is C22H42N4O2. The second-order valence-corrected chi connectivity index (χ2v) is 8.64. The summed E-state index contributed by atoms with van der Waals surface area (Å²) in [4.78, 5) is 28.8. The number of carbonyl (C=O) groups excluding carboxylic acids is 2. The fraction of sp³-hybridized carbons (Fsp3) is 0.909. The Balaban J connectivity index is 1.61. The van der Waals surface area contributed by atoms with E-state index in [0.29, 0.717) is 24.7 Å². The Morgan fingerprint density at radius 1 is 0.607 bits per heavy atom. The minimum Gasteiger partial charge on any atom is -0.343 e. The molecule has 0 radical (unpaired) electrons. The molecule has 6 heteroatoms. The van der Waals surface area contributed by atoms with Crippen molar-refractivity contribution in [3.63, 3.8) is 0 Å². The van der Waals surface area contributed by atoms with Crippen molar-refractivity contribution in [2.45, 2.75) is 77.0 Å². The van der Waals surface area contributed by atoms with Gasteiger partial charge < -0.3 is 21.3 Å². The van der Waals surface area contributed by atoms with Gasteiger partial charge in [0.1, 0.15) is 0 Å². The van der Waals surface area contributed by atoms with E-state index in [9.17, 15) is 9.59 Å². The summed E-state index contributed by atoms with van der Waals surface area (Å²) in [7, 11) is 0. The third-order valence-electron chi connectivity index (χ3n) is 6.64. The maximum absolute atomic E-state index is 12.3. The molecule has 2 amide bonds. The second kappa shape index (κ2) is 13.2. The molecule has 6 nitrogen and oxygen atoms in total. The van der Waals surface area contributed by atoms with Gasteiger partial charge in [-0.15, -0.1) is 0 Å². The fourth-order valence-corrected chi connectivity index (χ4v) is 4.75. The van der Waals surface area contributed by atoms with Gasteiger partial charge in [-0.25, -0.2) is 0 Å². The van der Waals surface area contributed by atoms with Gasteiger partial charge in [0.2, 0.25) is 11.8 Å². The van der Waals surface area contributed by atoms with Crippen LogP contribution in [0.4, 0.5) is 0 Å². The molecule has 162 valence electrons. The summed E-state index contributed by atoms with van der Waals surface area (Å²) in [6, 6.07) is 0. The Kier molecular flexibility index (Phi) is 10.9. The highest BCUT2D eigenvalue weighted by molar-refractivity contribution is 5.76. The van der Waals surface area contributed by atoms with Gasteiger partial charge in [0, 0.05) is 39.0 Å². The van der Waals surface area contributed by atoms with Crippen LogP contribution in [0.2, 0.25) is 0 Å². The molecule has 2 heterocycles. The van der Waals surface area contributed by atoms with E-state index in [4.69, 9.17) is 11.5 Å². The lowest BCUT2D eigenvalue weighted by atomic mass is 9.78. The van der Waals surface area contributed by atoms with Gasteiger partial charge in [0.15, 0.2) is 0 Å². The van der Waals surface area contributed by atoms with Crippen LogP contribution in [-0.4, -0.2) is 60.9 Å². The smallest absolute Gasteiger partial charge is 0.222 e. The first-order valence-corrected chi connectivity index (χ1v) is 11.6. The van der Waals surface area contributed by atoms with Gasteiger partial charge in [-0.3, -0.25) is 9.59 Å². The van der Waals surface area contributed by atoms with Gasteiger partial charge in [0.05, 0.1) is 0 Å². The molecule has 0 saturated carbocycles. The number of amides is 2. The molecule has 2 aliphatic rings. The Hall–Kier alpha value is -1.14. The number of hydrogen-bond donors (Lipinski definition) is 2. The monoisotopic (exact) mass is 394 g/mol. The fourth-order valence-electron chi connectivity index (χ4n) is 4.75. The van der Waals surface area contributed by atoms with Crippen LogP contribution in [0.5, 0.6) is 0 Å². The number of rotatable bonds is 11. The molecule has 2 fully saturated rings. The van der Waals surface area contributed by atoms with Crippen LogP contribution in [0.15, 0.2) is 0 Å². The second-order valence-electron chi connectivity index (χ2n) is 8.64. The van der Waals surface area contributed by atoms with Crippen LogP contribution >= 0.6 is 0 Å². The van der Waals surface area contributed by atoms with Crippen LogP contribution in [0, 0.1) is 11.8 Å². The van der Waals surface area contributed by atoms with Crippen molar-refractivity contribution in [1.82, 2.24) is 9.80 Å². The number of hydrogen-bond acceptors (Lipinski definition) is 4. The molecule has 0 aromatic heterocycles. The molecule has 0 aromatic carbocycles. The topological polar surface area (TPSA) is 92.7 Å². The SMILES string of the molecule is NCCCCCC(=O)N1CCC(C2CCN(C(=O)CCCCCN)CC2)CC1. The van der Waals surface area contributed by atoms with Gasteiger partial charge in [-0.05, 0) is 76.3 Å². The highest BCUT2D eigenvalue weighted by Gasteiger charge is 2.31. The number of piperidine rings is 2. The van der Waals surface area contributed by atoms with Crippen molar-refractivity contribution in [2.75, 3.05) is 39.3 Å². The number of unbranched alkanes of at least 4 members (excludes halogenated alkanes) is 4. The van der Waals surface area contributed by atoms with Gasteiger partial charge >= 0.3 is 0 Å². The molecular weight excluding hydrogens is 352 g/mol. The first-order valence-electron chi connectivity index (χ1n) is 11.6. The minimum atomic E-state index is 0.325. The maximum atomic E-state index is 12.3. The molecule has 0 spiro atoms. The van der Waals surface area contributed by atoms with Gasteiger partial charge in [-0.2, -0.15) is 0 Å². The molecule has 2 saturated heterocycles. The minimum absolute atomic E-state index is 0.325. The Bertz CT molecular complexity index is 413. The van der Waals surface area contributed by atoms with E-state index >= 15 is 0 Å². The summed E-state index contributed by atoms with van der Waals surface area (Å²) in [6.45, 7) is 5.11. The van der Waals surface area contributed by atoms with Crippen molar-refractivity contribution in [3.05, 3.63) is 0 Å². The summed E-state index contributed by atoms with van der Waals surface area (Å²) in [6.07, 6.45) is 12.0. The summed E-state index contributed by atoms with van der Waals surface area (Å²) < 4.78 is 0. The maximum Gasteiger partial charge on any atom is 0.222 e. The van der Waals surface area contributed by atoms with E-state index in [0.717, 1.165) is 115 Å². The first-order chi connectivity index (χ1) is 13.7. The van der Waals surface area contributed by atoms with Crippen LogP contribution in [0.3, 0.4) is 0 Å². The van der Waals surface area contributed by atoms with Gasteiger partial charge in [0.25, 0.3) is 0 Å². The van der Waals surface area contributed by atoms with Crippen LogP contribution < -0.4 is 11.5 Å². The van der Waals surface area contributed by atoms with Crippen molar-refractivity contribution < 1.29 is 9.59 Å². The predicted molar refractivity (Wildman–Crippen MR) is 114 cm³/mol. The van der Waals surface area contributed by atoms with Crippen molar-refractivity contribution in [1.29, 1.82) is 0 Å². The highest BCUT2D eigenvalue weighted by atomic mass is 16.2. The number of nitrogens with zero attached hydrogens (tertiary/aromatic N) is 2. The van der Waals surface area contributed by atoms with E-state index < -0.39 is 0 Å². The summed E-state index contributed by atoms with van der Waals surface area (Å²) in [5, 5.41) is 0. The van der Waals surface area contributed by atoms with Gasteiger partial charge in [-0.1, -0.05) is 12.8 Å². The predicted octanol–water partition coefficient (Wildman–Crippen LogP) is 2.50. The quantitative estimate of drug-likeness (QED) is 0.527. The standard InChI is InChI=1S/C22H42N4O2/c23-13-5-1-3-7-21(27)25-15-9-19(10-16-25)20-11-17-26(18-12-20)22(28)8-4-2-6-14-24/h19-20H,1-18,23-24H2. The summed E-state index contributed by atoms with van der Waals surface area (Å²) in [5.41, 5.74) is 11.0. The van der Waals surface area contributed by atoms with E-state index in [1.807, 2.05) is 0 Å². The van der Waals surface area contributed by atoms with E-state index in [1.54, 1.807) is 0 Å². The largest absolute Gasteiger partial charge is 0.343 e. The zero-order valence-electron chi connectivity index (χ0n) is 17.7. The zero-order chi connectivity index (χ0) is 20.2. The normalized spacial score (nSPS) is 19.2. The molecule has 4 N–H and O–H groups in total. The lowest BCUT2D eigenvalue weighted by molar-refractivity contribution is -0.135. The summed E-state index contributed by atoms with van der Waals surface area (Å²) >= 11 is 0. The van der Waals surface area contributed by atoms with Crippen LogP contribution in [-0.2, 0) is 9.59 Å². The number of carbonyl (C=O) groups is 2. The molecule has 0 bridgehead atoms. The van der Waals surface area contributed by atoms with Crippen molar-refractivity contribution in [3.8, 4) is 0 Å². The number of likely N-dealkylation sites (tertiary alicyclic amines) is 2.